The van der Waals surface area contributed by atoms with Gasteiger partial charge in [-0.1, -0.05) is 0 Å². The minimum absolute atomic E-state index is 0.189. The molecule has 19 heavy (non-hydrogen) atoms. The van der Waals surface area contributed by atoms with Crippen molar-refractivity contribution in [2.75, 3.05) is 6.54 Å². The molecule has 2 aromatic rings. The standard InChI is InChI=1S/C11H12F2N4OS/c1-17-10(18)15-16-11(17)19-9-7(12)4-6(2-3-14)5-8(9)13/h4-5H,2-3,14H2,1H3,(H,15,18). The Kier molecular flexibility index (Phi) is 4.01. The number of aromatic nitrogens is 3. The van der Waals surface area contributed by atoms with Gasteiger partial charge in [-0.2, -0.15) is 0 Å². The van der Waals surface area contributed by atoms with Gasteiger partial charge in [-0.25, -0.2) is 18.7 Å². The van der Waals surface area contributed by atoms with E-state index < -0.39 is 17.3 Å². The van der Waals surface area contributed by atoms with Crippen molar-refractivity contribution >= 4 is 11.8 Å². The Hall–Kier alpha value is -1.67. The fraction of sp³-hybridized carbons (Fsp3) is 0.273. The minimum Gasteiger partial charge on any atom is -0.330 e. The summed E-state index contributed by atoms with van der Waals surface area (Å²) in [5, 5.41) is 6.08. The molecule has 3 N–H and O–H groups in total. The van der Waals surface area contributed by atoms with E-state index in [1.54, 1.807) is 0 Å². The highest BCUT2D eigenvalue weighted by atomic mass is 32.2. The van der Waals surface area contributed by atoms with Gasteiger partial charge in [0.2, 0.25) is 0 Å². The number of nitrogens with two attached hydrogens (primary N) is 1. The van der Waals surface area contributed by atoms with Gasteiger partial charge >= 0.3 is 5.69 Å². The summed E-state index contributed by atoms with van der Waals surface area (Å²) in [6.45, 7) is 0.319. The van der Waals surface area contributed by atoms with Crippen molar-refractivity contribution in [2.24, 2.45) is 12.8 Å². The maximum Gasteiger partial charge on any atom is 0.343 e. The summed E-state index contributed by atoms with van der Waals surface area (Å²) in [6.07, 6.45) is 0.402. The van der Waals surface area contributed by atoms with Crippen LogP contribution in [-0.2, 0) is 13.5 Å². The molecular formula is C11H12F2N4OS. The van der Waals surface area contributed by atoms with Gasteiger partial charge in [0.15, 0.2) is 5.16 Å². The van der Waals surface area contributed by atoms with Gasteiger partial charge in [-0.05, 0) is 42.4 Å². The number of halogens is 2. The van der Waals surface area contributed by atoms with Crippen molar-refractivity contribution in [1.82, 2.24) is 14.8 Å². The number of nitrogens with zero attached hydrogens (tertiary/aromatic N) is 2. The molecule has 2 rings (SSSR count). The predicted octanol–water partition coefficient (Wildman–Crippen LogP) is 1.04. The molecule has 0 aliphatic heterocycles. The van der Waals surface area contributed by atoms with Gasteiger partial charge in [-0.3, -0.25) is 4.57 Å². The van der Waals surface area contributed by atoms with E-state index in [4.69, 9.17) is 5.73 Å². The fourth-order valence-corrected chi connectivity index (χ4v) is 2.34. The van der Waals surface area contributed by atoms with Crippen LogP contribution in [0.1, 0.15) is 5.56 Å². The Bertz CT molecular complexity index is 629. The van der Waals surface area contributed by atoms with Crippen LogP contribution < -0.4 is 11.4 Å². The zero-order valence-corrected chi connectivity index (χ0v) is 10.9. The summed E-state index contributed by atoms with van der Waals surface area (Å²) in [7, 11) is 1.47. The Morgan fingerprint density at radius 2 is 2.05 bits per heavy atom. The second-order valence-corrected chi connectivity index (χ2v) is 4.88. The molecule has 0 fully saturated rings. The number of hydrogen-bond donors (Lipinski definition) is 2. The molecule has 0 spiro atoms. The van der Waals surface area contributed by atoms with E-state index >= 15 is 0 Å². The Balaban J connectivity index is 2.35. The third-order valence-electron chi connectivity index (χ3n) is 2.52. The highest BCUT2D eigenvalue weighted by Gasteiger charge is 2.16. The van der Waals surface area contributed by atoms with Crippen LogP contribution in [0, 0.1) is 11.6 Å². The van der Waals surface area contributed by atoms with Crippen LogP contribution in [0.3, 0.4) is 0 Å². The molecule has 8 heteroatoms. The zero-order chi connectivity index (χ0) is 14.0. The van der Waals surface area contributed by atoms with Crippen LogP contribution >= 0.6 is 11.8 Å². The molecule has 5 nitrogen and oxygen atoms in total. The van der Waals surface area contributed by atoms with E-state index in [0.29, 0.717) is 18.5 Å². The molecule has 0 radical (unpaired) electrons. The van der Waals surface area contributed by atoms with Crippen LogP contribution in [-0.4, -0.2) is 21.3 Å². The molecule has 0 amide bonds. The number of benzene rings is 1. The summed E-state index contributed by atoms with van der Waals surface area (Å²) in [5.74, 6) is -1.38. The molecule has 0 aliphatic rings. The van der Waals surface area contributed by atoms with Crippen molar-refractivity contribution < 1.29 is 8.78 Å². The first-order valence-electron chi connectivity index (χ1n) is 5.50. The molecule has 1 heterocycles. The van der Waals surface area contributed by atoms with E-state index in [0.717, 1.165) is 11.8 Å². The zero-order valence-electron chi connectivity index (χ0n) is 10.1. The van der Waals surface area contributed by atoms with Gasteiger partial charge in [0, 0.05) is 7.05 Å². The number of hydrogen-bond acceptors (Lipinski definition) is 4. The molecule has 0 atom stereocenters. The van der Waals surface area contributed by atoms with Crippen molar-refractivity contribution in [3.63, 3.8) is 0 Å². The summed E-state index contributed by atoms with van der Waals surface area (Å²) < 4.78 is 28.8. The van der Waals surface area contributed by atoms with Crippen molar-refractivity contribution in [3.05, 3.63) is 39.8 Å². The average molecular weight is 286 g/mol. The van der Waals surface area contributed by atoms with Crippen LogP contribution in [0.25, 0.3) is 0 Å². The summed E-state index contributed by atoms with van der Waals surface area (Å²) >= 11 is 0.754. The first kappa shape index (κ1) is 13.8. The van der Waals surface area contributed by atoms with E-state index in [9.17, 15) is 13.6 Å². The largest absolute Gasteiger partial charge is 0.343 e. The van der Waals surface area contributed by atoms with E-state index in [-0.39, 0.29) is 10.1 Å². The molecule has 0 saturated heterocycles. The molecule has 0 bridgehead atoms. The number of nitrogens with one attached hydrogen (secondary N) is 1. The second kappa shape index (κ2) is 5.54. The number of rotatable bonds is 4. The second-order valence-electron chi connectivity index (χ2n) is 3.90. The lowest BCUT2D eigenvalue weighted by Gasteiger charge is -2.06. The average Bonchev–Trinajstić information content (AvgIpc) is 2.66. The monoisotopic (exact) mass is 286 g/mol. The van der Waals surface area contributed by atoms with Crippen molar-refractivity contribution in [2.45, 2.75) is 16.5 Å². The fourth-order valence-electron chi connectivity index (χ4n) is 1.54. The molecule has 0 saturated carbocycles. The number of H-pyrrole nitrogens is 1. The SMILES string of the molecule is Cn1c(Sc2c(F)cc(CCN)cc2F)n[nH]c1=O. The number of aromatic amines is 1. The molecule has 102 valence electrons. The smallest absolute Gasteiger partial charge is 0.330 e. The summed E-state index contributed by atoms with van der Waals surface area (Å²) in [6, 6.07) is 2.48. The Morgan fingerprint density at radius 1 is 1.42 bits per heavy atom. The van der Waals surface area contributed by atoms with Crippen LogP contribution in [0.2, 0.25) is 0 Å². The molecule has 1 aromatic carbocycles. The van der Waals surface area contributed by atoms with Crippen molar-refractivity contribution in [1.29, 1.82) is 0 Å². The van der Waals surface area contributed by atoms with E-state index in [1.165, 1.54) is 23.7 Å². The lowest BCUT2D eigenvalue weighted by molar-refractivity contribution is 0.536. The maximum atomic E-state index is 13.8. The Morgan fingerprint density at radius 3 is 2.53 bits per heavy atom. The topological polar surface area (TPSA) is 76.7 Å². The Labute approximate surface area is 111 Å². The first-order valence-corrected chi connectivity index (χ1v) is 6.31. The third-order valence-corrected chi connectivity index (χ3v) is 3.67. The molecule has 0 unspecified atom stereocenters. The highest BCUT2D eigenvalue weighted by molar-refractivity contribution is 7.99. The van der Waals surface area contributed by atoms with Crippen LogP contribution in [0.5, 0.6) is 0 Å². The lowest BCUT2D eigenvalue weighted by atomic mass is 10.1. The van der Waals surface area contributed by atoms with Crippen LogP contribution in [0.4, 0.5) is 8.78 Å². The van der Waals surface area contributed by atoms with Gasteiger partial charge in [-0.15, -0.1) is 5.10 Å². The summed E-state index contributed by atoms with van der Waals surface area (Å²) in [5.41, 5.74) is 5.40. The summed E-state index contributed by atoms with van der Waals surface area (Å²) in [4.78, 5) is 11.0. The lowest BCUT2D eigenvalue weighted by Crippen LogP contribution is -2.13. The molecule has 1 aromatic heterocycles. The van der Waals surface area contributed by atoms with Gasteiger partial charge in [0.25, 0.3) is 0 Å². The highest BCUT2D eigenvalue weighted by Crippen LogP contribution is 2.30. The van der Waals surface area contributed by atoms with Crippen LogP contribution in [0.15, 0.2) is 27.0 Å². The van der Waals surface area contributed by atoms with E-state index in [1.807, 2.05) is 0 Å². The molecular weight excluding hydrogens is 274 g/mol. The quantitative estimate of drug-likeness (QED) is 0.880. The van der Waals surface area contributed by atoms with Gasteiger partial charge in [0.1, 0.15) is 11.6 Å². The van der Waals surface area contributed by atoms with Gasteiger partial charge in [0.05, 0.1) is 4.90 Å². The third kappa shape index (κ3) is 2.85. The predicted molar refractivity (Wildman–Crippen MR) is 67.1 cm³/mol. The molecule has 0 aliphatic carbocycles. The van der Waals surface area contributed by atoms with Crippen molar-refractivity contribution in [3.8, 4) is 0 Å². The van der Waals surface area contributed by atoms with Gasteiger partial charge < -0.3 is 5.73 Å². The van der Waals surface area contributed by atoms with E-state index in [2.05, 4.69) is 10.2 Å². The maximum absolute atomic E-state index is 13.8. The normalized spacial score (nSPS) is 10.9. The minimum atomic E-state index is -0.691. The first-order chi connectivity index (χ1) is 9.02.